The third-order valence-corrected chi connectivity index (χ3v) is 8.86. The molecule has 4 fully saturated rings. The quantitative estimate of drug-likeness (QED) is 0.182. The summed E-state index contributed by atoms with van der Waals surface area (Å²) in [7, 11) is 1.60. The first kappa shape index (κ1) is 29.6. The minimum absolute atomic E-state index is 0.00681. The molecule has 5 rings (SSSR count). The van der Waals surface area contributed by atoms with Gasteiger partial charge in [0.15, 0.2) is 0 Å². The van der Waals surface area contributed by atoms with Crippen molar-refractivity contribution in [3.05, 3.63) is 29.8 Å². The highest BCUT2D eigenvalue weighted by Gasteiger charge is 2.56. The van der Waals surface area contributed by atoms with Crippen molar-refractivity contribution in [1.29, 1.82) is 5.26 Å². The van der Waals surface area contributed by atoms with Crippen LogP contribution in [0.3, 0.4) is 0 Å². The minimum Gasteiger partial charge on any atom is -0.444 e. The van der Waals surface area contributed by atoms with Gasteiger partial charge in [-0.3, -0.25) is 14.5 Å². The Morgan fingerprint density at radius 2 is 1.93 bits per heavy atom. The van der Waals surface area contributed by atoms with Gasteiger partial charge in [-0.15, -0.1) is 9.32 Å². The molecule has 2 bridgehead atoms. The van der Waals surface area contributed by atoms with Gasteiger partial charge < -0.3 is 19.9 Å². The van der Waals surface area contributed by atoms with Crippen molar-refractivity contribution in [2.24, 2.45) is 5.92 Å². The lowest BCUT2D eigenvalue weighted by Crippen LogP contribution is -2.59. The van der Waals surface area contributed by atoms with Crippen molar-refractivity contribution in [1.82, 2.24) is 25.5 Å². The number of benzene rings is 1. The maximum absolute atomic E-state index is 13.8. The van der Waals surface area contributed by atoms with Gasteiger partial charge in [-0.05, 0) is 70.6 Å². The predicted octanol–water partition coefficient (Wildman–Crippen LogP) is 2.53. The van der Waals surface area contributed by atoms with Crippen molar-refractivity contribution in [2.45, 2.75) is 93.7 Å². The molecule has 3 amide bonds. The number of hydroxylamine groups is 1. The average molecular weight is 587 g/mol. The minimum atomic E-state index is -0.919. The van der Waals surface area contributed by atoms with Gasteiger partial charge in [0, 0.05) is 37.1 Å². The molecule has 41 heavy (non-hydrogen) atoms. The summed E-state index contributed by atoms with van der Waals surface area (Å²) in [6.45, 7) is 8.07. The second-order valence-corrected chi connectivity index (χ2v) is 13.0. The SMILES string of the molecule is CNOOSc1ccc([C@H](C)N2C(=O)[C@H]3C[C@@H]2CN3C[C@H](NC(=O)OC(C)(C)C)C(=O)N2[C@H](C#N)C[C@@H]3C[C@@H]32)cc1. The molecule has 3 saturated heterocycles. The van der Waals surface area contributed by atoms with Crippen molar-refractivity contribution in [2.75, 3.05) is 20.1 Å². The molecule has 2 N–H and O–H groups in total. The summed E-state index contributed by atoms with van der Waals surface area (Å²) in [5.74, 6) is 0.0849. The van der Waals surface area contributed by atoms with E-state index in [1.807, 2.05) is 41.0 Å². The fraction of sp³-hybridized carbons (Fsp3) is 0.643. The van der Waals surface area contributed by atoms with Crippen LogP contribution in [-0.4, -0.2) is 88.6 Å². The number of likely N-dealkylation sites (tertiary alicyclic amines) is 3. The topological polar surface area (TPSA) is 136 Å². The van der Waals surface area contributed by atoms with Gasteiger partial charge in [-0.2, -0.15) is 10.7 Å². The largest absolute Gasteiger partial charge is 0.444 e. The Labute approximate surface area is 244 Å². The molecule has 1 aliphatic carbocycles. The number of piperazine rings is 1. The first-order chi connectivity index (χ1) is 19.5. The number of nitrogens with zero attached hydrogens (tertiary/aromatic N) is 4. The molecule has 1 aromatic rings. The van der Waals surface area contributed by atoms with Crippen molar-refractivity contribution < 1.29 is 28.4 Å². The van der Waals surface area contributed by atoms with Gasteiger partial charge in [-0.1, -0.05) is 12.1 Å². The zero-order chi connectivity index (χ0) is 29.5. The van der Waals surface area contributed by atoms with Crippen LogP contribution in [0.4, 0.5) is 4.79 Å². The van der Waals surface area contributed by atoms with Gasteiger partial charge >= 0.3 is 6.09 Å². The van der Waals surface area contributed by atoms with Crippen molar-refractivity contribution in [3.8, 4) is 6.07 Å². The monoisotopic (exact) mass is 586 g/mol. The molecule has 4 aliphatic rings. The number of hydrogen-bond acceptors (Lipinski definition) is 10. The van der Waals surface area contributed by atoms with E-state index in [9.17, 15) is 19.6 Å². The number of nitrogens with one attached hydrogen (secondary N) is 2. The highest BCUT2D eigenvalue weighted by molar-refractivity contribution is 7.94. The van der Waals surface area contributed by atoms with E-state index < -0.39 is 23.8 Å². The van der Waals surface area contributed by atoms with Crippen LogP contribution in [0.15, 0.2) is 29.2 Å². The zero-order valence-corrected chi connectivity index (χ0v) is 24.8. The van der Waals surface area contributed by atoms with Gasteiger partial charge in [0.25, 0.3) is 0 Å². The number of nitriles is 1. The first-order valence-corrected chi connectivity index (χ1v) is 14.8. The average Bonchev–Trinajstić information content (AvgIpc) is 3.24. The molecule has 1 aromatic carbocycles. The van der Waals surface area contributed by atoms with Gasteiger partial charge in [-0.25, -0.2) is 4.79 Å². The molecular weight excluding hydrogens is 548 g/mol. The molecule has 1 saturated carbocycles. The summed E-state index contributed by atoms with van der Waals surface area (Å²) in [4.78, 5) is 51.2. The first-order valence-electron chi connectivity index (χ1n) is 14.0. The lowest BCUT2D eigenvalue weighted by Gasteiger charge is -2.39. The molecule has 0 aromatic heterocycles. The Kier molecular flexibility index (Phi) is 8.50. The standard InChI is InChI=1S/C28H38N6O6S/c1-16(17-6-8-21(9-7-17)41-40-39-30-5)33-20-12-24(26(33)36)32(14-20)15-22(31-27(37)38-28(2,3)4)25(35)34-19(13-29)10-18-11-23(18)34/h6-9,16,18-20,22-24,30H,10-12,14-15H2,1-5H3,(H,31,37)/t16-,18+,19-,20+,22-,23-,24+/m0/s1. The lowest BCUT2D eigenvalue weighted by molar-refractivity contribution is -0.237. The van der Waals surface area contributed by atoms with Crippen LogP contribution in [0.1, 0.15) is 58.6 Å². The number of amides is 3. The maximum Gasteiger partial charge on any atom is 0.408 e. The van der Waals surface area contributed by atoms with Crippen molar-refractivity contribution in [3.63, 3.8) is 0 Å². The van der Waals surface area contributed by atoms with E-state index in [2.05, 4.69) is 21.9 Å². The number of piperidine rings is 1. The Morgan fingerprint density at radius 3 is 2.56 bits per heavy atom. The van der Waals surface area contributed by atoms with Crippen LogP contribution in [0.5, 0.6) is 0 Å². The number of hydrogen-bond donors (Lipinski definition) is 2. The number of carbonyl (C=O) groups excluding carboxylic acids is 3. The van der Waals surface area contributed by atoms with E-state index in [1.54, 1.807) is 32.7 Å². The summed E-state index contributed by atoms with van der Waals surface area (Å²) in [5.41, 5.74) is 2.71. The number of carbonyl (C=O) groups is 3. The molecule has 222 valence electrons. The van der Waals surface area contributed by atoms with E-state index >= 15 is 0 Å². The Hall–Kier alpha value is -2.89. The number of ether oxygens (including phenoxy) is 1. The molecule has 12 nitrogen and oxygen atoms in total. The molecule has 7 atom stereocenters. The summed E-state index contributed by atoms with van der Waals surface area (Å²) in [6.07, 6.45) is 1.53. The third kappa shape index (κ3) is 6.32. The molecule has 3 heterocycles. The van der Waals surface area contributed by atoms with Gasteiger partial charge in [0.1, 0.15) is 17.7 Å². The van der Waals surface area contributed by atoms with Gasteiger partial charge in [0.05, 0.1) is 30.2 Å². The van der Waals surface area contributed by atoms with Crippen LogP contribution in [-0.2, 0) is 23.6 Å². The van der Waals surface area contributed by atoms with E-state index in [0.29, 0.717) is 25.3 Å². The number of fused-ring (bicyclic) bond motifs is 3. The summed E-state index contributed by atoms with van der Waals surface area (Å²) >= 11 is 1.08. The van der Waals surface area contributed by atoms with E-state index in [-0.39, 0.29) is 42.5 Å². The second-order valence-electron chi connectivity index (χ2n) is 12.2. The molecule has 0 radical (unpaired) electrons. The van der Waals surface area contributed by atoms with Crippen LogP contribution in [0.25, 0.3) is 0 Å². The number of alkyl carbamates (subject to hydrolysis) is 1. The maximum atomic E-state index is 13.8. The second kappa shape index (κ2) is 11.8. The fourth-order valence-electron chi connectivity index (χ4n) is 6.39. The van der Waals surface area contributed by atoms with Crippen molar-refractivity contribution >= 4 is 30.0 Å². The van der Waals surface area contributed by atoms with Crippen LogP contribution < -0.4 is 10.8 Å². The van der Waals surface area contributed by atoms with E-state index in [1.165, 1.54) is 0 Å². The summed E-state index contributed by atoms with van der Waals surface area (Å²) in [5, 5.41) is 12.4. The Morgan fingerprint density at radius 1 is 1.20 bits per heavy atom. The fourth-order valence-corrected chi connectivity index (χ4v) is 6.82. The van der Waals surface area contributed by atoms with Gasteiger partial charge in [0.2, 0.25) is 11.8 Å². The molecule has 0 unspecified atom stereocenters. The summed E-state index contributed by atoms with van der Waals surface area (Å²) < 4.78 is 10.4. The normalized spacial score (nSPS) is 28.3. The highest BCUT2D eigenvalue weighted by atomic mass is 32.2. The smallest absolute Gasteiger partial charge is 0.408 e. The number of rotatable bonds is 10. The van der Waals surface area contributed by atoms with Crippen LogP contribution in [0, 0.1) is 17.2 Å². The Bertz CT molecular complexity index is 1200. The third-order valence-electron chi connectivity index (χ3n) is 8.26. The van der Waals surface area contributed by atoms with E-state index in [4.69, 9.17) is 9.07 Å². The van der Waals surface area contributed by atoms with Crippen LogP contribution >= 0.6 is 12.0 Å². The Balaban J connectivity index is 1.26. The van der Waals surface area contributed by atoms with Crippen LogP contribution in [0.2, 0.25) is 0 Å². The molecular formula is C28H38N6O6S. The lowest BCUT2D eigenvalue weighted by atomic mass is 10.1. The molecule has 0 spiro atoms. The molecule has 3 aliphatic heterocycles. The highest BCUT2D eigenvalue weighted by Crippen LogP contribution is 2.48. The van der Waals surface area contributed by atoms with E-state index in [0.717, 1.165) is 28.9 Å². The zero-order valence-electron chi connectivity index (χ0n) is 24.0. The molecule has 13 heteroatoms. The summed E-state index contributed by atoms with van der Waals surface area (Å²) in [6, 6.07) is 8.15. The predicted molar refractivity (Wildman–Crippen MR) is 148 cm³/mol.